The highest BCUT2D eigenvalue weighted by Crippen LogP contribution is 2.49. The molecule has 0 saturated carbocycles. The number of methoxy groups -OCH3 is 2. The Morgan fingerprint density at radius 3 is 2.10 bits per heavy atom. The molecule has 0 radical (unpaired) electrons. The zero-order valence-corrected chi connectivity index (χ0v) is 13.0. The number of phenolic OH excluding ortho intramolecular Hbond substituents is 1. The number of phenols is 1. The molecule has 7 heteroatoms. The van der Waals surface area contributed by atoms with Crippen molar-refractivity contribution in [1.29, 1.82) is 0 Å². The maximum absolute atomic E-state index is 11.5. The minimum Gasteiger partial charge on any atom is -0.744 e. The maximum Gasteiger partial charge on any atom is 0.204 e. The van der Waals surface area contributed by atoms with Gasteiger partial charge in [-0.2, -0.15) is 0 Å². The Balaban J connectivity index is 3.93. The number of hydrogen-bond acceptors (Lipinski definition) is 6. The van der Waals surface area contributed by atoms with Gasteiger partial charge in [-0.15, -0.1) is 0 Å². The molecular weight excluding hydrogens is 284 g/mol. The van der Waals surface area contributed by atoms with Gasteiger partial charge < -0.3 is 19.1 Å². The Morgan fingerprint density at radius 2 is 1.75 bits per heavy atom. The quantitative estimate of drug-likeness (QED) is 0.837. The lowest BCUT2D eigenvalue weighted by atomic mass is 9.92. The topological polar surface area (TPSA) is 95.9 Å². The average molecular weight is 303 g/mol. The number of ether oxygens (including phenoxy) is 2. The first-order valence-electron chi connectivity index (χ1n) is 6.13. The van der Waals surface area contributed by atoms with Gasteiger partial charge in [0.1, 0.15) is 15.0 Å². The van der Waals surface area contributed by atoms with Gasteiger partial charge >= 0.3 is 0 Å². The van der Waals surface area contributed by atoms with Crippen molar-refractivity contribution in [2.75, 3.05) is 14.2 Å². The van der Waals surface area contributed by atoms with Crippen LogP contribution in [0.1, 0.15) is 37.3 Å². The summed E-state index contributed by atoms with van der Waals surface area (Å²) in [6, 6.07) is 0. The zero-order valence-electron chi connectivity index (χ0n) is 12.2. The number of rotatable bonds is 5. The Bertz CT molecular complexity index is 606. The molecule has 0 fully saturated rings. The molecule has 1 atom stereocenters. The van der Waals surface area contributed by atoms with E-state index in [0.29, 0.717) is 12.0 Å². The molecule has 1 N–H and O–H groups in total. The first-order valence-corrected chi connectivity index (χ1v) is 7.54. The van der Waals surface area contributed by atoms with Crippen molar-refractivity contribution in [3.05, 3.63) is 11.1 Å². The van der Waals surface area contributed by atoms with Gasteiger partial charge in [0.25, 0.3) is 0 Å². The maximum atomic E-state index is 11.5. The molecule has 0 aliphatic carbocycles. The van der Waals surface area contributed by atoms with E-state index in [9.17, 15) is 18.1 Å². The van der Waals surface area contributed by atoms with E-state index in [1.165, 1.54) is 21.1 Å². The molecule has 0 amide bonds. The molecule has 0 bridgehead atoms. The van der Waals surface area contributed by atoms with Crippen molar-refractivity contribution in [3.8, 4) is 17.2 Å². The summed E-state index contributed by atoms with van der Waals surface area (Å²) in [5.41, 5.74) is 0.587. The number of aromatic hydroxyl groups is 1. The van der Waals surface area contributed by atoms with Gasteiger partial charge in [0.2, 0.25) is 5.75 Å². The predicted octanol–water partition coefficient (Wildman–Crippen LogP) is 2.14. The van der Waals surface area contributed by atoms with Crippen LogP contribution in [0.2, 0.25) is 0 Å². The molecule has 0 aliphatic rings. The Kier molecular flexibility index (Phi) is 4.88. The number of hydrogen-bond donors (Lipinski definition) is 1. The largest absolute Gasteiger partial charge is 0.744 e. The average Bonchev–Trinajstić information content (AvgIpc) is 2.35. The van der Waals surface area contributed by atoms with Crippen molar-refractivity contribution >= 4 is 10.1 Å². The first-order chi connectivity index (χ1) is 9.20. The second-order valence-corrected chi connectivity index (χ2v) is 5.86. The molecule has 0 spiro atoms. The van der Waals surface area contributed by atoms with E-state index in [4.69, 9.17) is 9.47 Å². The molecule has 1 aromatic carbocycles. The second-order valence-electron chi connectivity index (χ2n) is 4.55. The van der Waals surface area contributed by atoms with Crippen LogP contribution in [0.5, 0.6) is 17.2 Å². The summed E-state index contributed by atoms with van der Waals surface area (Å²) in [6.45, 7) is 5.20. The summed E-state index contributed by atoms with van der Waals surface area (Å²) < 4.78 is 44.5. The van der Waals surface area contributed by atoms with Crippen LogP contribution in [-0.2, 0) is 10.1 Å². The summed E-state index contributed by atoms with van der Waals surface area (Å²) in [4.78, 5) is -0.482. The van der Waals surface area contributed by atoms with E-state index in [-0.39, 0.29) is 28.7 Å². The van der Waals surface area contributed by atoms with Gasteiger partial charge in [0.05, 0.1) is 14.2 Å². The van der Waals surface area contributed by atoms with Crippen molar-refractivity contribution < 1.29 is 27.6 Å². The molecule has 114 valence electrons. The van der Waals surface area contributed by atoms with Crippen LogP contribution in [0.3, 0.4) is 0 Å². The van der Waals surface area contributed by atoms with Gasteiger partial charge in [0, 0.05) is 5.56 Å². The minimum atomic E-state index is -4.76. The molecule has 1 unspecified atom stereocenters. The Hall–Kier alpha value is -1.47. The lowest BCUT2D eigenvalue weighted by Gasteiger charge is -2.24. The van der Waals surface area contributed by atoms with Crippen LogP contribution < -0.4 is 9.47 Å². The van der Waals surface area contributed by atoms with E-state index in [1.54, 1.807) is 0 Å². The smallest absolute Gasteiger partial charge is 0.204 e. The van der Waals surface area contributed by atoms with Crippen LogP contribution in [-0.4, -0.2) is 32.3 Å². The van der Waals surface area contributed by atoms with Crippen LogP contribution in [0.25, 0.3) is 0 Å². The fraction of sp³-hybridized carbons (Fsp3) is 0.538. The van der Waals surface area contributed by atoms with Gasteiger partial charge in [-0.1, -0.05) is 13.8 Å². The third-order valence-corrected chi connectivity index (χ3v) is 4.38. The summed E-state index contributed by atoms with van der Waals surface area (Å²) in [7, 11) is -2.27. The molecule has 20 heavy (non-hydrogen) atoms. The van der Waals surface area contributed by atoms with E-state index in [0.717, 1.165) is 0 Å². The lowest BCUT2D eigenvalue weighted by molar-refractivity contribution is 0.321. The molecule has 1 rings (SSSR count). The summed E-state index contributed by atoms with van der Waals surface area (Å²) >= 11 is 0. The van der Waals surface area contributed by atoms with Crippen LogP contribution in [0.4, 0.5) is 0 Å². The highest BCUT2D eigenvalue weighted by molar-refractivity contribution is 7.86. The Labute approximate surface area is 119 Å². The van der Waals surface area contributed by atoms with Gasteiger partial charge in [-0.05, 0) is 24.8 Å². The lowest BCUT2D eigenvalue weighted by Crippen LogP contribution is -2.10. The fourth-order valence-electron chi connectivity index (χ4n) is 2.29. The molecule has 6 nitrogen and oxygen atoms in total. The van der Waals surface area contributed by atoms with Gasteiger partial charge in [0.15, 0.2) is 11.5 Å². The van der Waals surface area contributed by atoms with Crippen LogP contribution in [0, 0.1) is 6.92 Å². The van der Waals surface area contributed by atoms with Crippen molar-refractivity contribution in [2.45, 2.75) is 38.0 Å². The molecule has 0 saturated heterocycles. The highest BCUT2D eigenvalue weighted by Gasteiger charge is 2.28. The third-order valence-electron chi connectivity index (χ3n) is 3.39. The molecule has 1 aromatic rings. The van der Waals surface area contributed by atoms with Crippen LogP contribution in [0.15, 0.2) is 4.90 Å². The van der Waals surface area contributed by atoms with E-state index in [1.807, 2.05) is 13.8 Å². The van der Waals surface area contributed by atoms with Crippen molar-refractivity contribution in [2.24, 2.45) is 0 Å². The van der Waals surface area contributed by atoms with E-state index < -0.39 is 15.0 Å². The minimum absolute atomic E-state index is 0.129. The molecule has 0 aromatic heterocycles. The zero-order chi connectivity index (χ0) is 15.7. The third kappa shape index (κ3) is 2.69. The van der Waals surface area contributed by atoms with E-state index >= 15 is 0 Å². The normalized spacial score (nSPS) is 13.1. The first kappa shape index (κ1) is 16.6. The van der Waals surface area contributed by atoms with Gasteiger partial charge in [-0.25, -0.2) is 8.42 Å². The van der Waals surface area contributed by atoms with Crippen molar-refractivity contribution in [3.63, 3.8) is 0 Å². The van der Waals surface area contributed by atoms with Gasteiger partial charge in [-0.3, -0.25) is 0 Å². The molecule has 0 heterocycles. The summed E-state index contributed by atoms with van der Waals surface area (Å²) in [5.74, 6) is -0.716. The highest BCUT2D eigenvalue weighted by atomic mass is 32.2. The summed E-state index contributed by atoms with van der Waals surface area (Å²) in [5, 5.41) is 10.3. The summed E-state index contributed by atoms with van der Waals surface area (Å²) in [6.07, 6.45) is 0.669. The fourth-order valence-corrected chi connectivity index (χ4v) is 3.17. The van der Waals surface area contributed by atoms with E-state index in [2.05, 4.69) is 0 Å². The molecule has 0 aliphatic heterocycles. The number of benzene rings is 1. The standard InChI is InChI=1S/C13H20O6S/c1-6-7(2)9-8(3)13(20(15,16)17)12(19-5)11(18-4)10(9)14/h7,14H,6H2,1-5H3,(H,15,16,17)/p-1. The SMILES string of the molecule is CCC(C)c1c(C)c(S(=O)(=O)[O-])c(OC)c(OC)c1O. The van der Waals surface area contributed by atoms with Crippen molar-refractivity contribution in [1.82, 2.24) is 0 Å². The van der Waals surface area contributed by atoms with Crippen LogP contribution >= 0.6 is 0 Å². The second kappa shape index (κ2) is 5.88. The predicted molar refractivity (Wildman–Crippen MR) is 72.6 cm³/mol. The molecular formula is C13H19O6S-. The monoisotopic (exact) mass is 303 g/mol. The Morgan fingerprint density at radius 1 is 1.25 bits per heavy atom.